The highest BCUT2D eigenvalue weighted by atomic mass is 35.5. The van der Waals surface area contributed by atoms with Crippen molar-refractivity contribution < 1.29 is 14.2 Å². The zero-order chi connectivity index (χ0) is 17.4. The molecule has 0 radical (unpaired) electrons. The van der Waals surface area contributed by atoms with E-state index < -0.39 is 11.2 Å². The van der Waals surface area contributed by atoms with Crippen molar-refractivity contribution in [3.8, 4) is 0 Å². The number of nitrogens with one attached hydrogen (secondary N) is 1. The third-order valence-electron chi connectivity index (χ3n) is 4.60. The zero-order valence-corrected chi connectivity index (χ0v) is 15.2. The summed E-state index contributed by atoms with van der Waals surface area (Å²) in [5.41, 5.74) is -0.201. The molecule has 0 aromatic carbocycles. The van der Waals surface area contributed by atoms with Crippen LogP contribution in [0.15, 0.2) is 15.9 Å². The van der Waals surface area contributed by atoms with Gasteiger partial charge in [0.2, 0.25) is 0 Å². The Hall–Kier alpha value is -1.72. The van der Waals surface area contributed by atoms with Crippen LogP contribution in [0.4, 0.5) is 0 Å². The summed E-state index contributed by atoms with van der Waals surface area (Å²) in [6.45, 7) is 4.83. The smallest absolute Gasteiger partial charge is 0.329 e. The third-order valence-corrected chi connectivity index (χ3v) is 4.60. The van der Waals surface area contributed by atoms with E-state index in [4.69, 9.17) is 14.2 Å². The standard InChI is InChI=1S/C15H21N5O5.ClH/c1-18-13-12(14(21)17-15(18)22)20(9-16-13)6-10-8-24-11(25-10)7-19-2-4-23-5-3-19;/h9-11H,2-8H2,1H3,(H,17,21,22);1H. The molecule has 2 unspecified atom stereocenters. The first kappa shape index (κ1) is 19.1. The molecule has 0 amide bonds. The van der Waals surface area contributed by atoms with E-state index in [1.54, 1.807) is 17.9 Å². The van der Waals surface area contributed by atoms with Gasteiger partial charge in [-0.25, -0.2) is 9.78 Å². The molecule has 10 nitrogen and oxygen atoms in total. The first-order chi connectivity index (χ1) is 12.1. The van der Waals surface area contributed by atoms with Crippen molar-refractivity contribution in [1.82, 2.24) is 24.0 Å². The van der Waals surface area contributed by atoms with E-state index in [-0.39, 0.29) is 24.8 Å². The zero-order valence-electron chi connectivity index (χ0n) is 14.4. The molecule has 4 rings (SSSR count). The summed E-state index contributed by atoms with van der Waals surface area (Å²) in [5, 5.41) is 0. The highest BCUT2D eigenvalue weighted by Crippen LogP contribution is 2.16. The lowest BCUT2D eigenvalue weighted by Gasteiger charge is -2.28. The van der Waals surface area contributed by atoms with Crippen molar-refractivity contribution in [3.05, 3.63) is 27.2 Å². The van der Waals surface area contributed by atoms with Gasteiger partial charge in [-0.05, 0) is 0 Å². The highest BCUT2D eigenvalue weighted by molar-refractivity contribution is 5.85. The summed E-state index contributed by atoms with van der Waals surface area (Å²) in [5.74, 6) is 0. The molecule has 11 heteroatoms. The molecule has 2 fully saturated rings. The Morgan fingerprint density at radius 2 is 2.04 bits per heavy atom. The topological polar surface area (TPSA) is 104 Å². The summed E-state index contributed by atoms with van der Waals surface area (Å²) in [4.78, 5) is 32.5. The number of hydrogen-bond donors (Lipinski definition) is 1. The summed E-state index contributed by atoms with van der Waals surface area (Å²) < 4.78 is 20.0. The van der Waals surface area contributed by atoms with E-state index in [9.17, 15) is 9.59 Å². The van der Waals surface area contributed by atoms with Gasteiger partial charge < -0.3 is 18.8 Å². The van der Waals surface area contributed by atoms with E-state index in [0.717, 1.165) is 26.3 Å². The molecular weight excluding hydrogens is 366 g/mol. The molecule has 1 N–H and O–H groups in total. The van der Waals surface area contributed by atoms with Crippen LogP contribution in [0.1, 0.15) is 0 Å². The van der Waals surface area contributed by atoms with Crippen LogP contribution in [-0.2, 0) is 27.8 Å². The Labute approximate surface area is 155 Å². The fraction of sp³-hybridized carbons (Fsp3) is 0.667. The first-order valence-corrected chi connectivity index (χ1v) is 8.33. The summed E-state index contributed by atoms with van der Waals surface area (Å²) in [7, 11) is 1.57. The molecule has 144 valence electrons. The van der Waals surface area contributed by atoms with Crippen molar-refractivity contribution in [3.63, 3.8) is 0 Å². The van der Waals surface area contributed by atoms with Crippen LogP contribution in [-0.4, -0.2) is 75.9 Å². The SMILES string of the molecule is Cl.Cn1c(=O)[nH]c(=O)c2c1ncn2CC1COC(CN2CCOCC2)O1. The summed E-state index contributed by atoms with van der Waals surface area (Å²) >= 11 is 0. The Morgan fingerprint density at radius 1 is 1.27 bits per heavy atom. The molecule has 0 aliphatic carbocycles. The number of imidazole rings is 1. The molecule has 26 heavy (non-hydrogen) atoms. The number of aromatic nitrogens is 4. The van der Waals surface area contributed by atoms with Crippen LogP contribution in [0, 0.1) is 0 Å². The number of H-pyrrole nitrogens is 1. The second-order valence-corrected chi connectivity index (χ2v) is 6.32. The number of aromatic amines is 1. The van der Waals surface area contributed by atoms with Gasteiger partial charge in [0.1, 0.15) is 6.10 Å². The minimum Gasteiger partial charge on any atom is -0.379 e. The van der Waals surface area contributed by atoms with E-state index in [2.05, 4.69) is 14.9 Å². The van der Waals surface area contributed by atoms with E-state index in [1.165, 1.54) is 4.57 Å². The Bertz CT molecular complexity index is 871. The maximum Gasteiger partial charge on any atom is 0.329 e. The second-order valence-electron chi connectivity index (χ2n) is 6.32. The van der Waals surface area contributed by atoms with Gasteiger partial charge in [-0.1, -0.05) is 0 Å². The molecule has 2 aromatic heterocycles. The van der Waals surface area contributed by atoms with E-state index in [1.807, 2.05) is 0 Å². The number of aryl methyl sites for hydroxylation is 1. The molecule has 4 heterocycles. The maximum atomic E-state index is 12.1. The van der Waals surface area contributed by atoms with Crippen LogP contribution in [0.2, 0.25) is 0 Å². The molecule has 0 bridgehead atoms. The van der Waals surface area contributed by atoms with Gasteiger partial charge in [0.15, 0.2) is 17.5 Å². The number of halogens is 1. The Balaban J connectivity index is 0.00000196. The van der Waals surface area contributed by atoms with Crippen molar-refractivity contribution in [1.29, 1.82) is 0 Å². The number of ether oxygens (including phenoxy) is 3. The number of morpholine rings is 1. The third kappa shape index (κ3) is 3.69. The van der Waals surface area contributed by atoms with E-state index >= 15 is 0 Å². The van der Waals surface area contributed by atoms with Crippen LogP contribution in [0.25, 0.3) is 11.2 Å². The van der Waals surface area contributed by atoms with Gasteiger partial charge in [0.05, 0.1) is 32.7 Å². The predicted molar refractivity (Wildman–Crippen MR) is 94.7 cm³/mol. The molecule has 0 spiro atoms. The average molecular weight is 388 g/mol. The number of hydrogen-bond acceptors (Lipinski definition) is 7. The lowest BCUT2D eigenvalue weighted by atomic mass is 10.3. The van der Waals surface area contributed by atoms with Gasteiger partial charge in [-0.3, -0.25) is 19.2 Å². The molecule has 2 aromatic rings. The first-order valence-electron chi connectivity index (χ1n) is 8.33. The molecule has 2 aliphatic heterocycles. The predicted octanol–water partition coefficient (Wildman–Crippen LogP) is -1.08. The van der Waals surface area contributed by atoms with Crippen LogP contribution >= 0.6 is 12.4 Å². The van der Waals surface area contributed by atoms with Gasteiger partial charge in [0.25, 0.3) is 5.56 Å². The Kier molecular flexibility index (Phi) is 5.78. The van der Waals surface area contributed by atoms with Crippen molar-refractivity contribution in [2.45, 2.75) is 18.9 Å². The van der Waals surface area contributed by atoms with E-state index in [0.29, 0.717) is 30.9 Å². The van der Waals surface area contributed by atoms with Crippen LogP contribution < -0.4 is 11.2 Å². The van der Waals surface area contributed by atoms with Gasteiger partial charge >= 0.3 is 5.69 Å². The molecular formula is C15H22ClN5O5. The highest BCUT2D eigenvalue weighted by Gasteiger charge is 2.29. The average Bonchev–Trinajstić information content (AvgIpc) is 3.22. The van der Waals surface area contributed by atoms with Crippen LogP contribution in [0.5, 0.6) is 0 Å². The quantitative estimate of drug-likeness (QED) is 0.711. The maximum absolute atomic E-state index is 12.1. The summed E-state index contributed by atoms with van der Waals surface area (Å²) in [6.07, 6.45) is 1.11. The van der Waals surface area contributed by atoms with Gasteiger partial charge in [-0.2, -0.15) is 0 Å². The largest absolute Gasteiger partial charge is 0.379 e. The summed E-state index contributed by atoms with van der Waals surface area (Å²) in [6, 6.07) is 0. The monoisotopic (exact) mass is 387 g/mol. The lowest BCUT2D eigenvalue weighted by Crippen LogP contribution is -2.41. The van der Waals surface area contributed by atoms with Gasteiger partial charge in [0, 0.05) is 26.7 Å². The Morgan fingerprint density at radius 3 is 2.81 bits per heavy atom. The van der Waals surface area contributed by atoms with Gasteiger partial charge in [-0.15, -0.1) is 12.4 Å². The number of rotatable bonds is 4. The number of nitrogens with zero attached hydrogens (tertiary/aromatic N) is 4. The molecule has 0 saturated carbocycles. The minimum atomic E-state index is -0.478. The van der Waals surface area contributed by atoms with Crippen molar-refractivity contribution >= 4 is 23.6 Å². The number of fused-ring (bicyclic) bond motifs is 1. The normalized spacial score (nSPS) is 24.0. The second kappa shape index (κ2) is 7.89. The molecule has 2 atom stereocenters. The molecule has 2 saturated heterocycles. The fourth-order valence-corrected chi connectivity index (χ4v) is 3.24. The fourth-order valence-electron chi connectivity index (χ4n) is 3.24. The van der Waals surface area contributed by atoms with Crippen LogP contribution in [0.3, 0.4) is 0 Å². The minimum absolute atomic E-state index is 0. The molecule has 2 aliphatic rings. The van der Waals surface area contributed by atoms with Crippen molar-refractivity contribution in [2.75, 3.05) is 39.5 Å². The lowest BCUT2D eigenvalue weighted by molar-refractivity contribution is -0.0889. The van der Waals surface area contributed by atoms with Crippen molar-refractivity contribution in [2.24, 2.45) is 7.05 Å².